The zero-order chi connectivity index (χ0) is 30.0. The molecule has 2 heterocycles. The fourth-order valence-corrected chi connectivity index (χ4v) is 6.46. The molecule has 1 saturated heterocycles. The van der Waals surface area contributed by atoms with Crippen LogP contribution in [0.2, 0.25) is 5.02 Å². The molecule has 42 heavy (non-hydrogen) atoms. The van der Waals surface area contributed by atoms with E-state index in [2.05, 4.69) is 10.2 Å². The number of hydrogen-bond donors (Lipinski definition) is 1. The van der Waals surface area contributed by atoms with Gasteiger partial charge in [-0.25, -0.2) is 4.39 Å². The van der Waals surface area contributed by atoms with Crippen LogP contribution in [0.4, 0.5) is 9.52 Å². The van der Waals surface area contributed by atoms with Crippen LogP contribution in [-0.4, -0.2) is 48.3 Å². The molecule has 1 unspecified atom stereocenters. The van der Waals surface area contributed by atoms with Gasteiger partial charge in [-0.05, 0) is 53.6 Å². The molecule has 5 rings (SSSR count). The number of ether oxygens (including phenoxy) is 3. The quantitative estimate of drug-likeness (QED) is 0.0754. The second-order valence-corrected chi connectivity index (χ2v) is 11.5. The van der Waals surface area contributed by atoms with Crippen molar-refractivity contribution in [2.24, 2.45) is 0 Å². The fourth-order valence-electron chi connectivity index (χ4n) is 4.48. The third kappa shape index (κ3) is 5.52. The van der Waals surface area contributed by atoms with E-state index in [4.69, 9.17) is 25.8 Å². The Morgan fingerprint density at radius 2 is 1.69 bits per heavy atom. The molecule has 1 fully saturated rings. The first-order chi connectivity index (χ1) is 20.3. The van der Waals surface area contributed by atoms with Gasteiger partial charge in [0.05, 0.1) is 32.9 Å². The SMILES string of the molecule is COc1cc(C2/C(=C(/O)c3ccc(Cl)cc3)C(=O)C(=O)N2c2nnc(SCc3ccccc3F)s2)cc(OC)c1OC. The summed E-state index contributed by atoms with van der Waals surface area (Å²) in [5.74, 6) is -1.42. The Morgan fingerprint density at radius 3 is 2.31 bits per heavy atom. The number of nitrogens with zero attached hydrogens (tertiary/aromatic N) is 3. The van der Waals surface area contributed by atoms with Gasteiger partial charge in [-0.2, -0.15) is 0 Å². The summed E-state index contributed by atoms with van der Waals surface area (Å²) >= 11 is 8.32. The van der Waals surface area contributed by atoms with Crippen molar-refractivity contribution in [3.63, 3.8) is 0 Å². The zero-order valence-electron chi connectivity index (χ0n) is 22.5. The summed E-state index contributed by atoms with van der Waals surface area (Å²) in [6.45, 7) is 0. The van der Waals surface area contributed by atoms with Gasteiger partial charge in [-0.1, -0.05) is 52.9 Å². The third-order valence-corrected chi connectivity index (χ3v) is 8.83. The number of aliphatic hydroxyl groups is 1. The normalized spacial score (nSPS) is 16.1. The van der Waals surface area contributed by atoms with Gasteiger partial charge in [0.1, 0.15) is 11.6 Å². The molecule has 0 spiro atoms. The summed E-state index contributed by atoms with van der Waals surface area (Å²) in [4.78, 5) is 28.3. The van der Waals surface area contributed by atoms with Crippen molar-refractivity contribution in [2.75, 3.05) is 26.2 Å². The van der Waals surface area contributed by atoms with E-state index in [1.54, 1.807) is 54.6 Å². The maximum atomic E-state index is 14.1. The van der Waals surface area contributed by atoms with Crippen LogP contribution in [0.15, 0.2) is 70.6 Å². The van der Waals surface area contributed by atoms with Gasteiger partial charge in [-0.15, -0.1) is 10.2 Å². The average Bonchev–Trinajstić information content (AvgIpc) is 3.57. The highest BCUT2D eigenvalue weighted by Gasteiger charge is 2.49. The number of carbonyl (C=O) groups is 2. The number of hydrogen-bond acceptors (Lipinski definition) is 10. The largest absolute Gasteiger partial charge is 0.507 e. The lowest BCUT2D eigenvalue weighted by atomic mass is 9.95. The second-order valence-electron chi connectivity index (χ2n) is 8.87. The molecule has 0 radical (unpaired) electrons. The molecule has 1 aliphatic heterocycles. The number of amides is 1. The number of rotatable bonds is 9. The molecular formula is C29H23ClFN3O6S2. The summed E-state index contributed by atoms with van der Waals surface area (Å²) in [7, 11) is 4.33. The van der Waals surface area contributed by atoms with E-state index in [1.807, 2.05) is 0 Å². The van der Waals surface area contributed by atoms with Crippen molar-refractivity contribution in [1.82, 2.24) is 10.2 Å². The average molecular weight is 628 g/mol. The summed E-state index contributed by atoms with van der Waals surface area (Å²) in [5.41, 5.74) is 0.982. The van der Waals surface area contributed by atoms with Gasteiger partial charge >= 0.3 is 5.91 Å². The Bertz CT molecular complexity index is 1670. The predicted molar refractivity (Wildman–Crippen MR) is 158 cm³/mol. The lowest BCUT2D eigenvalue weighted by Gasteiger charge is -2.24. The number of thioether (sulfide) groups is 1. The molecule has 216 valence electrons. The van der Waals surface area contributed by atoms with Crippen molar-refractivity contribution in [3.8, 4) is 17.2 Å². The Morgan fingerprint density at radius 1 is 1.02 bits per heavy atom. The van der Waals surface area contributed by atoms with Gasteiger partial charge in [0.2, 0.25) is 10.9 Å². The maximum absolute atomic E-state index is 14.1. The van der Waals surface area contributed by atoms with E-state index in [0.29, 0.717) is 26.2 Å². The Labute approximate surface area is 253 Å². The van der Waals surface area contributed by atoms with Gasteiger partial charge in [0.25, 0.3) is 5.78 Å². The van der Waals surface area contributed by atoms with Crippen molar-refractivity contribution in [3.05, 3.63) is 93.8 Å². The number of aliphatic hydroxyl groups excluding tert-OH is 1. The number of Topliss-reactive ketones (excluding diaryl/α,β-unsaturated/α-hetero) is 1. The van der Waals surface area contributed by atoms with Crippen LogP contribution in [0.1, 0.15) is 22.7 Å². The smallest absolute Gasteiger partial charge is 0.301 e. The second kappa shape index (κ2) is 12.4. The lowest BCUT2D eigenvalue weighted by Crippen LogP contribution is -2.29. The molecule has 1 atom stereocenters. The molecule has 0 aliphatic carbocycles. The first kappa shape index (κ1) is 29.4. The van der Waals surface area contributed by atoms with Crippen LogP contribution in [-0.2, 0) is 15.3 Å². The molecule has 0 bridgehead atoms. The molecule has 3 aromatic carbocycles. The number of anilines is 1. The Hall–Kier alpha value is -4.13. The minimum absolute atomic E-state index is 0.113. The van der Waals surface area contributed by atoms with Gasteiger partial charge in [0, 0.05) is 16.3 Å². The summed E-state index contributed by atoms with van der Waals surface area (Å²) in [5, 5.41) is 20.3. The molecule has 9 nitrogen and oxygen atoms in total. The standard InChI is InChI=1S/C29H23ClFN3O6S2/c1-38-20-12-17(13-21(39-2)26(20)40-3)23-22(24(35)15-8-10-18(30)11-9-15)25(36)27(37)34(23)28-32-33-29(42-28)41-14-16-6-4-5-7-19(16)31/h4-13,23,35H,14H2,1-3H3/b24-22-. The van der Waals surface area contributed by atoms with Gasteiger partial charge in [0.15, 0.2) is 15.8 Å². The molecule has 1 aromatic heterocycles. The minimum Gasteiger partial charge on any atom is -0.507 e. The number of halogens is 2. The number of methoxy groups -OCH3 is 3. The molecule has 1 N–H and O–H groups in total. The maximum Gasteiger partial charge on any atom is 0.301 e. The highest BCUT2D eigenvalue weighted by Crippen LogP contribution is 2.48. The molecule has 0 saturated carbocycles. The minimum atomic E-state index is -1.13. The number of benzene rings is 3. The van der Waals surface area contributed by atoms with E-state index < -0.39 is 23.5 Å². The van der Waals surface area contributed by atoms with Crippen LogP contribution >= 0.6 is 34.7 Å². The Balaban J connectivity index is 1.62. The first-order valence-corrected chi connectivity index (χ1v) is 14.5. The van der Waals surface area contributed by atoms with Crippen LogP contribution in [0.3, 0.4) is 0 Å². The monoisotopic (exact) mass is 627 g/mol. The van der Waals surface area contributed by atoms with Crippen LogP contribution in [0, 0.1) is 5.82 Å². The van der Waals surface area contributed by atoms with Crippen molar-refractivity contribution in [2.45, 2.75) is 16.1 Å². The van der Waals surface area contributed by atoms with Crippen molar-refractivity contribution < 1.29 is 33.3 Å². The summed E-state index contributed by atoms with van der Waals surface area (Å²) in [6.07, 6.45) is 0. The number of ketones is 1. The summed E-state index contributed by atoms with van der Waals surface area (Å²) < 4.78 is 31.0. The van der Waals surface area contributed by atoms with Gasteiger partial charge in [-0.3, -0.25) is 14.5 Å². The zero-order valence-corrected chi connectivity index (χ0v) is 24.8. The van der Waals surface area contributed by atoms with E-state index >= 15 is 0 Å². The molecule has 13 heteroatoms. The highest BCUT2D eigenvalue weighted by molar-refractivity contribution is 8.00. The third-order valence-electron chi connectivity index (χ3n) is 6.48. The topological polar surface area (TPSA) is 111 Å². The van der Waals surface area contributed by atoms with Crippen LogP contribution < -0.4 is 19.1 Å². The van der Waals surface area contributed by atoms with Crippen molar-refractivity contribution in [1.29, 1.82) is 0 Å². The van der Waals surface area contributed by atoms with E-state index in [0.717, 1.165) is 11.3 Å². The summed E-state index contributed by atoms with van der Waals surface area (Å²) in [6, 6.07) is 14.6. The molecule has 1 amide bonds. The van der Waals surface area contributed by atoms with Crippen LogP contribution in [0.25, 0.3) is 5.76 Å². The Kier molecular flexibility index (Phi) is 8.66. The highest BCUT2D eigenvalue weighted by atomic mass is 35.5. The van der Waals surface area contributed by atoms with E-state index in [-0.39, 0.29) is 39.3 Å². The van der Waals surface area contributed by atoms with E-state index in [1.165, 1.54) is 44.1 Å². The molecular weight excluding hydrogens is 605 g/mol. The first-order valence-electron chi connectivity index (χ1n) is 12.3. The van der Waals surface area contributed by atoms with E-state index in [9.17, 15) is 19.1 Å². The number of aromatic nitrogens is 2. The van der Waals surface area contributed by atoms with Gasteiger partial charge < -0.3 is 19.3 Å². The number of carbonyl (C=O) groups excluding carboxylic acids is 2. The fraction of sp³-hybridized carbons (Fsp3) is 0.172. The molecule has 4 aromatic rings. The lowest BCUT2D eigenvalue weighted by molar-refractivity contribution is -0.132. The molecule has 1 aliphatic rings. The van der Waals surface area contributed by atoms with Crippen molar-refractivity contribution >= 4 is 57.3 Å². The predicted octanol–water partition coefficient (Wildman–Crippen LogP) is 6.28. The van der Waals surface area contributed by atoms with Crippen LogP contribution in [0.5, 0.6) is 17.2 Å².